The second-order valence-corrected chi connectivity index (χ2v) is 6.97. The Morgan fingerprint density at radius 2 is 2.07 bits per heavy atom. The van der Waals surface area contributed by atoms with Gasteiger partial charge in [-0.2, -0.15) is 0 Å². The molecule has 2 aromatic rings. The topological polar surface area (TPSA) is 54.5 Å². The van der Waals surface area contributed by atoms with E-state index in [0.29, 0.717) is 27.2 Å². The molecule has 5 nitrogen and oxygen atoms in total. The van der Waals surface area contributed by atoms with E-state index < -0.39 is 0 Å². The van der Waals surface area contributed by atoms with Crippen LogP contribution in [0.1, 0.15) is 30.1 Å². The summed E-state index contributed by atoms with van der Waals surface area (Å²) in [4.78, 5) is 19.1. The number of pyridine rings is 1. The molecule has 3 rings (SSSR count). The first kappa shape index (κ1) is 24.8. The van der Waals surface area contributed by atoms with Gasteiger partial charge in [-0.25, -0.2) is 4.98 Å². The molecule has 1 aromatic heterocycles. The van der Waals surface area contributed by atoms with E-state index in [1.165, 1.54) is 0 Å². The predicted molar refractivity (Wildman–Crippen MR) is 118 cm³/mol. The van der Waals surface area contributed by atoms with Crippen LogP contribution >= 0.6 is 48.0 Å². The van der Waals surface area contributed by atoms with Gasteiger partial charge >= 0.3 is 0 Å². The number of carbonyl (C=O) groups is 1. The molecule has 1 aliphatic rings. The number of rotatable bonds is 6. The smallest absolute Gasteiger partial charge is 0.255 e. The Balaban J connectivity index is 0.00000196. The van der Waals surface area contributed by atoms with Crippen molar-refractivity contribution in [3.8, 4) is 11.6 Å². The summed E-state index contributed by atoms with van der Waals surface area (Å²) in [5.74, 6) is 0.783. The van der Waals surface area contributed by atoms with E-state index in [1.54, 1.807) is 36.5 Å². The number of hydrogen-bond donors (Lipinski definition) is 1. The Morgan fingerprint density at radius 3 is 2.68 bits per heavy atom. The molecular formula is C19H23Cl4N3O2. The number of carbonyl (C=O) groups excluding carboxylic acids is 1. The van der Waals surface area contributed by atoms with Crippen molar-refractivity contribution in [1.29, 1.82) is 0 Å². The number of ether oxygens (including phenoxy) is 1. The van der Waals surface area contributed by atoms with E-state index >= 15 is 0 Å². The van der Waals surface area contributed by atoms with Crippen molar-refractivity contribution < 1.29 is 9.53 Å². The third-order valence-electron chi connectivity index (χ3n) is 4.31. The first-order chi connectivity index (χ1) is 12.6. The zero-order valence-electron chi connectivity index (χ0n) is 15.4. The molecule has 154 valence electrons. The number of halogens is 4. The minimum absolute atomic E-state index is 0. The van der Waals surface area contributed by atoms with Gasteiger partial charge in [0.05, 0.1) is 10.6 Å². The lowest BCUT2D eigenvalue weighted by molar-refractivity contribution is 0.0692. The van der Waals surface area contributed by atoms with Gasteiger partial charge in [0, 0.05) is 31.4 Å². The monoisotopic (exact) mass is 465 g/mol. The average molecular weight is 467 g/mol. The van der Waals surface area contributed by atoms with E-state index in [0.717, 1.165) is 32.5 Å². The molecule has 0 aliphatic carbocycles. The summed E-state index contributed by atoms with van der Waals surface area (Å²) < 4.78 is 5.67. The second kappa shape index (κ2) is 11.7. The average Bonchev–Trinajstić information content (AvgIpc) is 3.18. The van der Waals surface area contributed by atoms with Crippen LogP contribution in [-0.4, -0.2) is 41.5 Å². The van der Waals surface area contributed by atoms with Gasteiger partial charge < -0.3 is 15.0 Å². The first-order valence-corrected chi connectivity index (χ1v) is 9.45. The van der Waals surface area contributed by atoms with Crippen molar-refractivity contribution >= 4 is 53.9 Å². The van der Waals surface area contributed by atoms with Crippen molar-refractivity contribution in [3.05, 3.63) is 52.1 Å². The van der Waals surface area contributed by atoms with Gasteiger partial charge in [0.15, 0.2) is 0 Å². The van der Waals surface area contributed by atoms with Gasteiger partial charge in [-0.05, 0) is 37.6 Å². The Labute approximate surface area is 187 Å². The van der Waals surface area contributed by atoms with E-state index in [4.69, 9.17) is 27.9 Å². The van der Waals surface area contributed by atoms with Crippen LogP contribution in [0.4, 0.5) is 0 Å². The summed E-state index contributed by atoms with van der Waals surface area (Å²) in [5, 5.41) is 4.06. The predicted octanol–water partition coefficient (Wildman–Crippen LogP) is 5.24. The summed E-state index contributed by atoms with van der Waals surface area (Å²) in [6.07, 6.45) is 3.44. The van der Waals surface area contributed by atoms with E-state index in [9.17, 15) is 4.79 Å². The Hall–Kier alpha value is -1.24. The summed E-state index contributed by atoms with van der Waals surface area (Å²) in [5.41, 5.74) is 0.551. The molecule has 1 aromatic carbocycles. The molecule has 0 radical (unpaired) electrons. The molecular weight excluding hydrogens is 444 g/mol. The standard InChI is InChI=1S/C19H21Cl2N3O2.2ClH/c1-2-10-24(14-8-9-22-12-14)19(25)13-6-7-17(23-11-13)26-16-5-3-4-15(20)18(16)21;;/h3-7,11,14,22H,2,8-10,12H2,1H3;2*1H. The third-order valence-corrected chi connectivity index (χ3v) is 5.12. The maximum atomic E-state index is 12.9. The zero-order chi connectivity index (χ0) is 18.5. The number of aromatic nitrogens is 1. The fourth-order valence-corrected chi connectivity index (χ4v) is 3.34. The summed E-state index contributed by atoms with van der Waals surface area (Å²) in [6, 6.07) is 8.79. The van der Waals surface area contributed by atoms with E-state index in [2.05, 4.69) is 17.2 Å². The largest absolute Gasteiger partial charge is 0.437 e. The highest BCUT2D eigenvalue weighted by Crippen LogP contribution is 2.34. The number of amides is 1. The van der Waals surface area contributed by atoms with E-state index in [1.807, 2.05) is 4.90 Å². The minimum Gasteiger partial charge on any atom is -0.437 e. The van der Waals surface area contributed by atoms with Crippen LogP contribution in [0, 0.1) is 0 Å². The Bertz CT molecular complexity index is 768. The van der Waals surface area contributed by atoms with Gasteiger partial charge in [-0.3, -0.25) is 4.79 Å². The maximum absolute atomic E-state index is 12.9. The second-order valence-electron chi connectivity index (χ2n) is 6.18. The van der Waals surface area contributed by atoms with Crippen LogP contribution in [0.3, 0.4) is 0 Å². The molecule has 9 heteroatoms. The lowest BCUT2D eigenvalue weighted by atomic mass is 10.1. The molecule has 2 heterocycles. The molecule has 1 atom stereocenters. The molecule has 0 spiro atoms. The minimum atomic E-state index is 0. The Morgan fingerprint density at radius 1 is 1.29 bits per heavy atom. The van der Waals surface area contributed by atoms with Crippen LogP contribution in [0.2, 0.25) is 10.0 Å². The van der Waals surface area contributed by atoms with Crippen molar-refractivity contribution in [2.75, 3.05) is 19.6 Å². The van der Waals surface area contributed by atoms with Gasteiger partial charge in [-0.1, -0.05) is 36.2 Å². The molecule has 1 N–H and O–H groups in total. The van der Waals surface area contributed by atoms with Crippen molar-refractivity contribution in [2.45, 2.75) is 25.8 Å². The molecule has 1 amide bonds. The molecule has 0 saturated carbocycles. The number of nitrogens with zero attached hydrogens (tertiary/aromatic N) is 2. The summed E-state index contributed by atoms with van der Waals surface area (Å²) >= 11 is 12.1. The SMILES string of the molecule is CCCN(C(=O)c1ccc(Oc2cccc(Cl)c2Cl)nc1)C1CCNC1.Cl.Cl. The van der Waals surface area contributed by atoms with Crippen LogP contribution in [0.25, 0.3) is 0 Å². The van der Waals surface area contributed by atoms with Crippen LogP contribution < -0.4 is 10.1 Å². The van der Waals surface area contributed by atoms with Gasteiger partial charge in [-0.15, -0.1) is 24.8 Å². The molecule has 1 saturated heterocycles. The summed E-state index contributed by atoms with van der Waals surface area (Å²) in [6.45, 7) is 4.60. The maximum Gasteiger partial charge on any atom is 0.255 e. The highest BCUT2D eigenvalue weighted by atomic mass is 35.5. The highest BCUT2D eigenvalue weighted by Gasteiger charge is 2.26. The quantitative estimate of drug-likeness (QED) is 0.632. The number of benzene rings is 1. The molecule has 1 fully saturated rings. The van der Waals surface area contributed by atoms with Crippen molar-refractivity contribution in [2.24, 2.45) is 0 Å². The summed E-state index contributed by atoms with van der Waals surface area (Å²) in [7, 11) is 0. The van der Waals surface area contributed by atoms with Gasteiger partial charge in [0.2, 0.25) is 5.88 Å². The number of hydrogen-bond acceptors (Lipinski definition) is 4. The molecule has 28 heavy (non-hydrogen) atoms. The fourth-order valence-electron chi connectivity index (χ4n) is 3.00. The third kappa shape index (κ3) is 5.88. The van der Waals surface area contributed by atoms with Crippen molar-refractivity contribution in [1.82, 2.24) is 15.2 Å². The molecule has 1 unspecified atom stereocenters. The first-order valence-electron chi connectivity index (χ1n) is 8.69. The van der Waals surface area contributed by atoms with Crippen LogP contribution in [0.5, 0.6) is 11.6 Å². The van der Waals surface area contributed by atoms with Crippen LogP contribution in [-0.2, 0) is 0 Å². The van der Waals surface area contributed by atoms with E-state index in [-0.39, 0.29) is 36.8 Å². The van der Waals surface area contributed by atoms with Gasteiger partial charge in [0.25, 0.3) is 5.91 Å². The fraction of sp³-hybridized carbons (Fsp3) is 0.368. The van der Waals surface area contributed by atoms with Crippen LogP contribution in [0.15, 0.2) is 36.5 Å². The zero-order valence-corrected chi connectivity index (χ0v) is 18.5. The lowest BCUT2D eigenvalue weighted by Crippen LogP contribution is -2.42. The number of nitrogens with one attached hydrogen (secondary N) is 1. The van der Waals surface area contributed by atoms with Crippen molar-refractivity contribution in [3.63, 3.8) is 0 Å². The normalized spacial score (nSPS) is 15.3. The van der Waals surface area contributed by atoms with Gasteiger partial charge in [0.1, 0.15) is 10.8 Å². The molecule has 1 aliphatic heterocycles. The molecule has 0 bridgehead atoms. The Kier molecular flexibility index (Phi) is 10.4. The highest BCUT2D eigenvalue weighted by molar-refractivity contribution is 6.42. The lowest BCUT2D eigenvalue weighted by Gasteiger charge is -2.28.